The molecule has 1 aliphatic carbocycles. The maximum atomic E-state index is 13.0. The predicted molar refractivity (Wildman–Crippen MR) is 112 cm³/mol. The molecule has 0 radical (unpaired) electrons. The highest BCUT2D eigenvalue weighted by molar-refractivity contribution is 7.12. The van der Waals surface area contributed by atoms with Crippen molar-refractivity contribution in [1.29, 1.82) is 0 Å². The molecule has 1 aromatic heterocycles. The molecular weight excluding hydrogens is 356 g/mol. The number of thiophene rings is 1. The van der Waals surface area contributed by atoms with Gasteiger partial charge >= 0.3 is 0 Å². The Morgan fingerprint density at radius 3 is 2.41 bits per heavy atom. The Hall–Kier alpha value is -0.910. The SMILES string of the molecule is COCC(C)(C)C(=O)N1CCC2(CCC(c3ccc(C)s3)(N(C)C)CC2)C1. The van der Waals surface area contributed by atoms with Crippen molar-refractivity contribution in [3.8, 4) is 0 Å². The molecule has 2 heterocycles. The number of carbonyl (C=O) groups excluding carboxylic acids is 1. The van der Waals surface area contributed by atoms with E-state index in [0.29, 0.717) is 12.0 Å². The van der Waals surface area contributed by atoms with E-state index in [1.807, 2.05) is 25.2 Å². The molecule has 1 aromatic rings. The fourth-order valence-electron chi connectivity index (χ4n) is 5.16. The highest BCUT2D eigenvalue weighted by atomic mass is 32.1. The number of methoxy groups -OCH3 is 1. The molecular formula is C22H36N2O2S. The summed E-state index contributed by atoms with van der Waals surface area (Å²) in [7, 11) is 6.13. The summed E-state index contributed by atoms with van der Waals surface area (Å²) >= 11 is 1.95. The summed E-state index contributed by atoms with van der Waals surface area (Å²) in [6.45, 7) is 8.51. The van der Waals surface area contributed by atoms with Crippen LogP contribution in [0.5, 0.6) is 0 Å². The van der Waals surface area contributed by atoms with Crippen molar-refractivity contribution in [2.75, 3.05) is 40.9 Å². The summed E-state index contributed by atoms with van der Waals surface area (Å²) in [5.41, 5.74) is 0.0401. The van der Waals surface area contributed by atoms with Gasteiger partial charge in [0.15, 0.2) is 0 Å². The highest BCUT2D eigenvalue weighted by Gasteiger charge is 2.49. The van der Waals surface area contributed by atoms with Crippen LogP contribution in [-0.4, -0.2) is 56.6 Å². The fraction of sp³-hybridized carbons (Fsp3) is 0.773. The summed E-state index contributed by atoms with van der Waals surface area (Å²) in [5.74, 6) is 0.250. The number of ether oxygens (including phenoxy) is 1. The van der Waals surface area contributed by atoms with Gasteiger partial charge in [-0.2, -0.15) is 0 Å². The standard InChI is InChI=1S/C22H36N2O2S/c1-17-7-8-18(27-17)22(23(4)5)11-9-21(10-12-22)13-14-24(15-21)19(25)20(2,3)16-26-6/h7-8H,9-16H2,1-6H3. The number of hydrogen-bond acceptors (Lipinski definition) is 4. The van der Waals surface area contributed by atoms with Crippen molar-refractivity contribution < 1.29 is 9.53 Å². The lowest BCUT2D eigenvalue weighted by molar-refractivity contribution is -0.142. The zero-order valence-corrected chi connectivity index (χ0v) is 18.7. The maximum absolute atomic E-state index is 13.0. The van der Waals surface area contributed by atoms with E-state index < -0.39 is 5.41 Å². The second kappa shape index (κ2) is 7.49. The Kier molecular flexibility index (Phi) is 5.77. The van der Waals surface area contributed by atoms with Crippen molar-refractivity contribution in [2.45, 2.75) is 58.4 Å². The van der Waals surface area contributed by atoms with Crippen LogP contribution in [0.2, 0.25) is 0 Å². The third-order valence-corrected chi connectivity index (χ3v) is 8.20. The number of aryl methyl sites for hydroxylation is 1. The third-order valence-electron chi connectivity index (χ3n) is 7.00. The molecule has 5 heteroatoms. The van der Waals surface area contributed by atoms with Gasteiger partial charge in [0, 0.05) is 30.0 Å². The number of amides is 1. The summed E-state index contributed by atoms with van der Waals surface area (Å²) in [4.78, 5) is 20.4. The molecule has 3 rings (SSSR count). The lowest BCUT2D eigenvalue weighted by atomic mass is 9.66. The monoisotopic (exact) mass is 392 g/mol. The van der Waals surface area contributed by atoms with Crippen LogP contribution in [0.25, 0.3) is 0 Å². The smallest absolute Gasteiger partial charge is 0.230 e. The Bertz CT molecular complexity index is 672. The van der Waals surface area contributed by atoms with Gasteiger partial charge in [0.25, 0.3) is 0 Å². The molecule has 4 nitrogen and oxygen atoms in total. The van der Waals surface area contributed by atoms with E-state index in [4.69, 9.17) is 4.74 Å². The van der Waals surface area contributed by atoms with Crippen LogP contribution >= 0.6 is 11.3 Å². The average Bonchev–Trinajstić information content (AvgIpc) is 3.22. The molecule has 1 spiro atoms. The van der Waals surface area contributed by atoms with Crippen LogP contribution in [0.3, 0.4) is 0 Å². The minimum absolute atomic E-state index is 0.164. The Labute approximate surface area is 168 Å². The first kappa shape index (κ1) is 20.8. The van der Waals surface area contributed by atoms with Gasteiger partial charge in [-0.15, -0.1) is 11.3 Å². The first-order valence-electron chi connectivity index (χ1n) is 10.2. The molecule has 0 aromatic carbocycles. The van der Waals surface area contributed by atoms with E-state index in [-0.39, 0.29) is 11.4 Å². The van der Waals surface area contributed by atoms with Gasteiger partial charge in [-0.25, -0.2) is 0 Å². The van der Waals surface area contributed by atoms with Gasteiger partial charge in [0.2, 0.25) is 5.91 Å². The summed E-state index contributed by atoms with van der Waals surface area (Å²) < 4.78 is 5.28. The van der Waals surface area contributed by atoms with Crippen LogP contribution in [-0.2, 0) is 15.1 Å². The van der Waals surface area contributed by atoms with Crippen molar-refractivity contribution >= 4 is 17.2 Å². The van der Waals surface area contributed by atoms with Gasteiger partial charge in [-0.05, 0) is 84.5 Å². The largest absolute Gasteiger partial charge is 0.384 e. The highest BCUT2D eigenvalue weighted by Crippen LogP contribution is 2.53. The summed E-state index contributed by atoms with van der Waals surface area (Å²) in [6, 6.07) is 4.58. The first-order chi connectivity index (χ1) is 12.6. The molecule has 1 saturated heterocycles. The van der Waals surface area contributed by atoms with Crippen molar-refractivity contribution in [3.05, 3.63) is 21.9 Å². The molecule has 0 unspecified atom stereocenters. The molecule has 27 heavy (non-hydrogen) atoms. The molecule has 0 N–H and O–H groups in total. The molecule has 152 valence electrons. The molecule has 2 aliphatic rings. The number of hydrogen-bond donors (Lipinski definition) is 0. The second-order valence-electron chi connectivity index (χ2n) is 9.63. The van der Waals surface area contributed by atoms with E-state index >= 15 is 0 Å². The topological polar surface area (TPSA) is 32.8 Å². The fourth-order valence-corrected chi connectivity index (χ4v) is 6.36. The number of likely N-dealkylation sites (tertiary alicyclic amines) is 1. The van der Waals surface area contributed by atoms with Crippen LogP contribution in [0.4, 0.5) is 0 Å². The van der Waals surface area contributed by atoms with Crippen LogP contribution in [0, 0.1) is 17.8 Å². The summed E-state index contributed by atoms with van der Waals surface area (Å²) in [5, 5.41) is 0. The van der Waals surface area contributed by atoms with E-state index in [1.165, 1.54) is 35.4 Å². The maximum Gasteiger partial charge on any atom is 0.230 e. The summed E-state index contributed by atoms with van der Waals surface area (Å²) in [6.07, 6.45) is 5.93. The minimum Gasteiger partial charge on any atom is -0.384 e. The van der Waals surface area contributed by atoms with E-state index in [1.54, 1.807) is 7.11 Å². The van der Waals surface area contributed by atoms with Crippen molar-refractivity contribution in [2.24, 2.45) is 10.8 Å². The molecule has 1 saturated carbocycles. The Morgan fingerprint density at radius 2 is 1.89 bits per heavy atom. The minimum atomic E-state index is -0.434. The quantitative estimate of drug-likeness (QED) is 0.750. The molecule has 1 amide bonds. The van der Waals surface area contributed by atoms with Crippen LogP contribution in [0.15, 0.2) is 12.1 Å². The molecule has 2 fully saturated rings. The molecule has 1 aliphatic heterocycles. The number of carbonyl (C=O) groups is 1. The third kappa shape index (κ3) is 3.83. The van der Waals surface area contributed by atoms with Gasteiger partial charge in [-0.3, -0.25) is 9.69 Å². The Balaban J connectivity index is 1.70. The lowest BCUT2D eigenvalue weighted by Gasteiger charge is -2.48. The molecule has 0 atom stereocenters. The van der Waals surface area contributed by atoms with E-state index in [9.17, 15) is 4.79 Å². The lowest BCUT2D eigenvalue weighted by Crippen LogP contribution is -2.48. The zero-order valence-electron chi connectivity index (χ0n) is 17.9. The Morgan fingerprint density at radius 1 is 1.22 bits per heavy atom. The van der Waals surface area contributed by atoms with Crippen molar-refractivity contribution in [1.82, 2.24) is 9.80 Å². The average molecular weight is 393 g/mol. The number of rotatable bonds is 5. The van der Waals surface area contributed by atoms with Crippen molar-refractivity contribution in [3.63, 3.8) is 0 Å². The van der Waals surface area contributed by atoms with E-state index in [2.05, 4.69) is 43.0 Å². The van der Waals surface area contributed by atoms with E-state index in [0.717, 1.165) is 19.5 Å². The van der Waals surface area contributed by atoms with Crippen LogP contribution in [0.1, 0.15) is 55.7 Å². The van der Waals surface area contributed by atoms with Gasteiger partial charge in [0.05, 0.1) is 17.6 Å². The second-order valence-corrected chi connectivity index (χ2v) is 10.9. The van der Waals surface area contributed by atoms with Crippen LogP contribution < -0.4 is 0 Å². The predicted octanol–water partition coefficient (Wildman–Crippen LogP) is 4.28. The normalized spacial score (nSPS) is 29.1. The molecule has 0 bridgehead atoms. The van der Waals surface area contributed by atoms with Gasteiger partial charge < -0.3 is 9.64 Å². The van der Waals surface area contributed by atoms with Gasteiger partial charge in [0.1, 0.15) is 0 Å². The number of nitrogens with zero attached hydrogens (tertiary/aromatic N) is 2. The zero-order chi connectivity index (χ0) is 19.9. The van der Waals surface area contributed by atoms with Gasteiger partial charge in [-0.1, -0.05) is 0 Å². The first-order valence-corrected chi connectivity index (χ1v) is 11.0.